The van der Waals surface area contributed by atoms with Crippen molar-refractivity contribution in [2.45, 2.75) is 26.3 Å². The molecular weight excluding hydrogens is 236 g/mol. The van der Waals surface area contributed by atoms with Crippen LogP contribution in [0, 0.1) is 10.1 Å². The molecule has 0 atom stereocenters. The van der Waals surface area contributed by atoms with Gasteiger partial charge < -0.3 is 10.0 Å². The number of anilines is 1. The summed E-state index contributed by atoms with van der Waals surface area (Å²) in [5.74, 6) is -0.859. The van der Waals surface area contributed by atoms with Crippen LogP contribution in [0.2, 0.25) is 0 Å². The Kier molecular flexibility index (Phi) is 4.65. The lowest BCUT2D eigenvalue weighted by Crippen LogP contribution is -2.32. The first-order valence-corrected chi connectivity index (χ1v) is 5.64. The summed E-state index contributed by atoms with van der Waals surface area (Å²) in [5, 5.41) is 19.2. The molecular formula is C12H16N2O4. The number of nitro benzene ring substituents is 1. The van der Waals surface area contributed by atoms with Gasteiger partial charge in [0.25, 0.3) is 5.69 Å². The fraction of sp³-hybridized carbons (Fsp3) is 0.417. The largest absolute Gasteiger partial charge is 0.481 e. The van der Waals surface area contributed by atoms with E-state index in [1.165, 1.54) is 12.1 Å². The molecule has 18 heavy (non-hydrogen) atoms. The van der Waals surface area contributed by atoms with Gasteiger partial charge in [0, 0.05) is 30.4 Å². The highest BCUT2D eigenvalue weighted by molar-refractivity contribution is 5.67. The maximum Gasteiger partial charge on any atom is 0.305 e. The van der Waals surface area contributed by atoms with Gasteiger partial charge in [0.15, 0.2) is 0 Å². The normalized spacial score (nSPS) is 10.4. The lowest BCUT2D eigenvalue weighted by molar-refractivity contribution is -0.384. The molecule has 0 aromatic heterocycles. The predicted octanol–water partition coefficient (Wildman–Crippen LogP) is 2.28. The van der Waals surface area contributed by atoms with E-state index in [0.29, 0.717) is 6.54 Å². The summed E-state index contributed by atoms with van der Waals surface area (Å²) in [6.45, 7) is 4.28. The highest BCUT2D eigenvalue weighted by atomic mass is 16.6. The number of aliphatic carboxylic acids is 1. The van der Waals surface area contributed by atoms with Gasteiger partial charge in [-0.25, -0.2) is 0 Å². The SMILES string of the molecule is CC(C)N(CCC(=O)O)c1ccc([N+](=O)[O-])cc1. The maximum atomic E-state index is 10.6. The third-order valence-electron chi connectivity index (χ3n) is 2.58. The lowest BCUT2D eigenvalue weighted by Gasteiger charge is -2.28. The minimum atomic E-state index is -0.859. The molecule has 0 amide bonds. The second kappa shape index (κ2) is 6.00. The molecule has 0 saturated carbocycles. The van der Waals surface area contributed by atoms with E-state index in [2.05, 4.69) is 0 Å². The molecule has 0 aliphatic rings. The van der Waals surface area contributed by atoms with Gasteiger partial charge >= 0.3 is 5.97 Å². The van der Waals surface area contributed by atoms with Crippen molar-refractivity contribution in [3.63, 3.8) is 0 Å². The molecule has 6 heteroatoms. The van der Waals surface area contributed by atoms with Gasteiger partial charge in [0.05, 0.1) is 11.3 Å². The number of rotatable bonds is 6. The van der Waals surface area contributed by atoms with Crippen molar-refractivity contribution < 1.29 is 14.8 Å². The van der Waals surface area contributed by atoms with E-state index in [0.717, 1.165) is 5.69 Å². The van der Waals surface area contributed by atoms with Crippen molar-refractivity contribution in [1.29, 1.82) is 0 Å². The quantitative estimate of drug-likeness (QED) is 0.620. The molecule has 0 radical (unpaired) electrons. The van der Waals surface area contributed by atoms with Crippen LogP contribution in [0.25, 0.3) is 0 Å². The maximum absolute atomic E-state index is 10.6. The number of nitro groups is 1. The molecule has 1 rings (SSSR count). The number of carboxylic acids is 1. The average molecular weight is 252 g/mol. The number of hydrogen-bond donors (Lipinski definition) is 1. The Morgan fingerprint density at radius 3 is 2.33 bits per heavy atom. The molecule has 0 aliphatic heterocycles. The van der Waals surface area contributed by atoms with E-state index in [9.17, 15) is 14.9 Å². The number of nitrogens with zero attached hydrogens (tertiary/aromatic N) is 2. The number of benzene rings is 1. The zero-order chi connectivity index (χ0) is 13.7. The molecule has 0 spiro atoms. The van der Waals surface area contributed by atoms with Crippen LogP contribution in [0.1, 0.15) is 20.3 Å². The third kappa shape index (κ3) is 3.73. The van der Waals surface area contributed by atoms with Crippen LogP contribution in [0.4, 0.5) is 11.4 Å². The van der Waals surface area contributed by atoms with Gasteiger partial charge in [-0.05, 0) is 26.0 Å². The van der Waals surface area contributed by atoms with E-state index < -0.39 is 10.9 Å². The average Bonchev–Trinajstić information content (AvgIpc) is 2.29. The highest BCUT2D eigenvalue weighted by Crippen LogP contribution is 2.21. The molecule has 1 aromatic carbocycles. The minimum Gasteiger partial charge on any atom is -0.481 e. The fourth-order valence-electron chi connectivity index (χ4n) is 1.67. The van der Waals surface area contributed by atoms with E-state index in [4.69, 9.17) is 5.11 Å². The first-order chi connectivity index (χ1) is 8.41. The van der Waals surface area contributed by atoms with Crippen molar-refractivity contribution in [3.05, 3.63) is 34.4 Å². The molecule has 1 aromatic rings. The molecule has 0 unspecified atom stereocenters. The second-order valence-corrected chi connectivity index (χ2v) is 4.20. The Hall–Kier alpha value is -2.11. The summed E-state index contributed by atoms with van der Waals surface area (Å²) in [6.07, 6.45) is 0.0369. The van der Waals surface area contributed by atoms with Crippen molar-refractivity contribution in [2.75, 3.05) is 11.4 Å². The summed E-state index contributed by atoms with van der Waals surface area (Å²) >= 11 is 0. The smallest absolute Gasteiger partial charge is 0.305 e. The Labute approximate surface area is 105 Å². The minimum absolute atomic E-state index is 0.0284. The standard InChI is InChI=1S/C12H16N2O4/c1-9(2)13(8-7-12(15)16)10-3-5-11(6-4-10)14(17)18/h3-6,9H,7-8H2,1-2H3,(H,15,16). The highest BCUT2D eigenvalue weighted by Gasteiger charge is 2.13. The van der Waals surface area contributed by atoms with Gasteiger partial charge in [0.2, 0.25) is 0 Å². The van der Waals surface area contributed by atoms with E-state index in [-0.39, 0.29) is 18.2 Å². The van der Waals surface area contributed by atoms with Crippen LogP contribution in [0.3, 0.4) is 0 Å². The first kappa shape index (κ1) is 14.0. The van der Waals surface area contributed by atoms with Gasteiger partial charge in [-0.1, -0.05) is 0 Å². The van der Waals surface area contributed by atoms with Crippen LogP contribution in [0.5, 0.6) is 0 Å². The molecule has 1 N–H and O–H groups in total. The molecule has 0 aliphatic carbocycles. The Morgan fingerprint density at radius 2 is 1.94 bits per heavy atom. The summed E-state index contributed by atoms with van der Waals surface area (Å²) in [5.41, 5.74) is 0.817. The lowest BCUT2D eigenvalue weighted by atomic mass is 10.2. The fourth-order valence-corrected chi connectivity index (χ4v) is 1.67. The molecule has 0 bridgehead atoms. The van der Waals surface area contributed by atoms with Crippen molar-refractivity contribution >= 4 is 17.3 Å². The predicted molar refractivity (Wildman–Crippen MR) is 67.8 cm³/mol. The van der Waals surface area contributed by atoms with Gasteiger partial charge in [-0.15, -0.1) is 0 Å². The zero-order valence-corrected chi connectivity index (χ0v) is 10.4. The van der Waals surface area contributed by atoms with Crippen molar-refractivity contribution in [3.8, 4) is 0 Å². The van der Waals surface area contributed by atoms with Crippen molar-refractivity contribution in [1.82, 2.24) is 0 Å². The topological polar surface area (TPSA) is 83.7 Å². The van der Waals surface area contributed by atoms with Crippen LogP contribution in [0.15, 0.2) is 24.3 Å². The third-order valence-corrected chi connectivity index (χ3v) is 2.58. The molecule has 6 nitrogen and oxygen atoms in total. The van der Waals surface area contributed by atoms with Crippen LogP contribution >= 0.6 is 0 Å². The van der Waals surface area contributed by atoms with E-state index in [1.807, 2.05) is 18.7 Å². The summed E-state index contributed by atoms with van der Waals surface area (Å²) in [4.78, 5) is 22.6. The Bertz CT molecular complexity index is 428. The number of non-ortho nitro benzene ring substituents is 1. The van der Waals surface area contributed by atoms with Crippen molar-refractivity contribution in [2.24, 2.45) is 0 Å². The second-order valence-electron chi connectivity index (χ2n) is 4.20. The number of carboxylic acid groups (broad SMARTS) is 1. The van der Waals surface area contributed by atoms with Gasteiger partial charge in [-0.2, -0.15) is 0 Å². The van der Waals surface area contributed by atoms with Crippen LogP contribution < -0.4 is 4.90 Å². The van der Waals surface area contributed by atoms with Gasteiger partial charge in [-0.3, -0.25) is 14.9 Å². The first-order valence-electron chi connectivity index (χ1n) is 5.64. The van der Waals surface area contributed by atoms with Gasteiger partial charge in [0.1, 0.15) is 0 Å². The summed E-state index contributed by atoms with van der Waals surface area (Å²) < 4.78 is 0. The summed E-state index contributed by atoms with van der Waals surface area (Å²) in [7, 11) is 0. The summed E-state index contributed by atoms with van der Waals surface area (Å²) in [6, 6.07) is 6.25. The zero-order valence-electron chi connectivity index (χ0n) is 10.4. The van der Waals surface area contributed by atoms with Crippen LogP contribution in [-0.4, -0.2) is 28.6 Å². The molecule has 98 valence electrons. The van der Waals surface area contributed by atoms with E-state index >= 15 is 0 Å². The molecule has 0 saturated heterocycles. The number of hydrogen-bond acceptors (Lipinski definition) is 4. The van der Waals surface area contributed by atoms with E-state index in [1.54, 1.807) is 12.1 Å². The Balaban J connectivity index is 2.85. The monoisotopic (exact) mass is 252 g/mol. The Morgan fingerprint density at radius 1 is 1.39 bits per heavy atom. The number of carbonyl (C=O) groups is 1. The van der Waals surface area contributed by atoms with Crippen LogP contribution in [-0.2, 0) is 4.79 Å². The molecule has 0 heterocycles. The molecule has 0 fully saturated rings.